The third-order valence-corrected chi connectivity index (χ3v) is 4.83. The Hall–Kier alpha value is -3.57. The van der Waals surface area contributed by atoms with Gasteiger partial charge in [0, 0.05) is 22.2 Å². The van der Waals surface area contributed by atoms with Crippen molar-refractivity contribution in [3.8, 4) is 11.5 Å². The molecule has 0 aliphatic heterocycles. The molecular weight excluding hydrogens is 426 g/mol. The quantitative estimate of drug-likeness (QED) is 0.320. The maximum Gasteiger partial charge on any atom is 0.248 e. The van der Waals surface area contributed by atoms with Gasteiger partial charge in [-0.1, -0.05) is 54.9 Å². The smallest absolute Gasteiger partial charge is 0.248 e. The lowest BCUT2D eigenvalue weighted by Gasteiger charge is -2.11. The molecule has 0 radical (unpaired) electrons. The first-order valence-corrected chi connectivity index (χ1v) is 10.6. The number of hydrogen-bond acceptors (Lipinski definition) is 4. The highest BCUT2D eigenvalue weighted by molar-refractivity contribution is 6.31. The maximum absolute atomic E-state index is 12.9. The lowest BCUT2D eigenvalue weighted by atomic mass is 10.0. The van der Waals surface area contributed by atoms with Gasteiger partial charge in [0.25, 0.3) is 0 Å². The van der Waals surface area contributed by atoms with E-state index in [1.54, 1.807) is 61.7 Å². The Labute approximate surface area is 192 Å². The number of ether oxygens (including phenoxy) is 2. The number of rotatable bonds is 9. The molecule has 1 N–H and O–H groups in total. The van der Waals surface area contributed by atoms with E-state index in [4.69, 9.17) is 21.1 Å². The van der Waals surface area contributed by atoms with Crippen LogP contribution >= 0.6 is 11.6 Å². The summed E-state index contributed by atoms with van der Waals surface area (Å²) < 4.78 is 11.0. The number of hydrogen-bond donors (Lipinski definition) is 1. The van der Waals surface area contributed by atoms with E-state index in [1.165, 1.54) is 6.08 Å². The third kappa shape index (κ3) is 5.99. The predicted octanol–water partition coefficient (Wildman–Crippen LogP) is 6.02. The fourth-order valence-electron chi connectivity index (χ4n) is 3.02. The monoisotopic (exact) mass is 449 g/mol. The van der Waals surface area contributed by atoms with E-state index in [-0.39, 0.29) is 11.7 Å². The van der Waals surface area contributed by atoms with E-state index < -0.39 is 0 Å². The summed E-state index contributed by atoms with van der Waals surface area (Å²) >= 11 is 6.10. The van der Waals surface area contributed by atoms with Gasteiger partial charge >= 0.3 is 0 Å². The standard InChI is InChI=1S/C26H24ClNO4/c1-3-15-32-23-13-9-18(16-24(23)31-2)10-14-25(29)28-22-12-11-20(27)17-21(22)26(30)19-7-5-4-6-8-19/h4-14,16-17H,3,15H2,1-2H3,(H,28,29)/b14-10+. The molecule has 3 aromatic carbocycles. The van der Waals surface area contributed by atoms with Crippen LogP contribution in [-0.4, -0.2) is 25.4 Å². The molecule has 0 atom stereocenters. The minimum atomic E-state index is -0.375. The first-order chi connectivity index (χ1) is 15.5. The molecule has 0 aliphatic carbocycles. The van der Waals surface area contributed by atoms with Gasteiger partial charge in [-0.25, -0.2) is 0 Å². The normalized spacial score (nSPS) is 10.7. The number of anilines is 1. The highest BCUT2D eigenvalue weighted by Crippen LogP contribution is 2.29. The van der Waals surface area contributed by atoms with Crippen molar-refractivity contribution in [1.29, 1.82) is 0 Å². The van der Waals surface area contributed by atoms with Crippen LogP contribution in [0.3, 0.4) is 0 Å². The van der Waals surface area contributed by atoms with Gasteiger partial charge < -0.3 is 14.8 Å². The average Bonchev–Trinajstić information content (AvgIpc) is 2.82. The molecule has 5 nitrogen and oxygen atoms in total. The number of carbonyl (C=O) groups excluding carboxylic acids is 2. The van der Waals surface area contributed by atoms with E-state index in [9.17, 15) is 9.59 Å². The number of amides is 1. The van der Waals surface area contributed by atoms with Gasteiger partial charge in [-0.15, -0.1) is 0 Å². The lowest BCUT2D eigenvalue weighted by Crippen LogP contribution is -2.12. The molecule has 3 aromatic rings. The summed E-state index contributed by atoms with van der Waals surface area (Å²) in [5.74, 6) is 0.648. The summed E-state index contributed by atoms with van der Waals surface area (Å²) in [6.45, 7) is 2.63. The molecule has 0 saturated carbocycles. The summed E-state index contributed by atoms with van der Waals surface area (Å²) in [5, 5.41) is 3.18. The fourth-order valence-corrected chi connectivity index (χ4v) is 3.20. The highest BCUT2D eigenvalue weighted by Gasteiger charge is 2.15. The molecule has 0 heterocycles. The molecule has 0 spiro atoms. The first-order valence-electron chi connectivity index (χ1n) is 10.2. The van der Waals surface area contributed by atoms with Crippen LogP contribution in [-0.2, 0) is 4.79 Å². The Morgan fingerprint density at radius 1 is 1.00 bits per heavy atom. The topological polar surface area (TPSA) is 64.6 Å². The molecule has 0 saturated heterocycles. The molecular formula is C26H24ClNO4. The summed E-state index contributed by atoms with van der Waals surface area (Å²) in [4.78, 5) is 25.5. The lowest BCUT2D eigenvalue weighted by molar-refractivity contribution is -0.111. The Kier molecular flexibility index (Phi) is 8.06. The van der Waals surface area contributed by atoms with Crippen molar-refractivity contribution in [3.63, 3.8) is 0 Å². The Bertz CT molecular complexity index is 1130. The van der Waals surface area contributed by atoms with Gasteiger partial charge in [-0.2, -0.15) is 0 Å². The highest BCUT2D eigenvalue weighted by atomic mass is 35.5. The van der Waals surface area contributed by atoms with Crippen LogP contribution in [0.25, 0.3) is 6.08 Å². The van der Waals surface area contributed by atoms with Crippen molar-refractivity contribution in [2.24, 2.45) is 0 Å². The minimum Gasteiger partial charge on any atom is -0.493 e. The van der Waals surface area contributed by atoms with Crippen molar-refractivity contribution < 1.29 is 19.1 Å². The maximum atomic E-state index is 12.9. The molecule has 3 rings (SSSR count). The number of halogens is 1. The van der Waals surface area contributed by atoms with Gasteiger partial charge in [-0.3, -0.25) is 9.59 Å². The van der Waals surface area contributed by atoms with Crippen molar-refractivity contribution in [2.75, 3.05) is 19.0 Å². The number of nitrogens with one attached hydrogen (secondary N) is 1. The van der Waals surface area contributed by atoms with Gasteiger partial charge in [0.2, 0.25) is 5.91 Å². The molecule has 0 aromatic heterocycles. The largest absolute Gasteiger partial charge is 0.493 e. The summed E-state index contributed by atoms with van der Waals surface area (Å²) in [6, 6.07) is 19.1. The SMILES string of the molecule is CCCOc1ccc(/C=C/C(=O)Nc2ccc(Cl)cc2C(=O)c2ccccc2)cc1OC. The zero-order valence-corrected chi connectivity index (χ0v) is 18.7. The average molecular weight is 450 g/mol. The number of carbonyl (C=O) groups is 2. The van der Waals surface area contributed by atoms with Crippen molar-refractivity contribution in [2.45, 2.75) is 13.3 Å². The van der Waals surface area contributed by atoms with E-state index in [0.717, 1.165) is 12.0 Å². The van der Waals surface area contributed by atoms with Crippen LogP contribution < -0.4 is 14.8 Å². The fraction of sp³-hybridized carbons (Fsp3) is 0.154. The Morgan fingerprint density at radius 2 is 1.78 bits per heavy atom. The summed E-state index contributed by atoms with van der Waals surface area (Å²) in [5.41, 5.74) is 2.00. The molecule has 0 bridgehead atoms. The van der Waals surface area contributed by atoms with Crippen molar-refractivity contribution in [3.05, 3.63) is 94.5 Å². The van der Waals surface area contributed by atoms with E-state index in [2.05, 4.69) is 5.32 Å². The summed E-state index contributed by atoms with van der Waals surface area (Å²) in [7, 11) is 1.57. The van der Waals surface area contributed by atoms with Gasteiger partial charge in [0.15, 0.2) is 17.3 Å². The molecule has 0 aliphatic rings. The second-order valence-electron chi connectivity index (χ2n) is 6.97. The van der Waals surface area contributed by atoms with Crippen LogP contribution in [0, 0.1) is 0 Å². The van der Waals surface area contributed by atoms with Gasteiger partial charge in [-0.05, 0) is 48.4 Å². The number of benzene rings is 3. The number of methoxy groups -OCH3 is 1. The van der Waals surface area contributed by atoms with E-state index >= 15 is 0 Å². The minimum absolute atomic E-state index is 0.222. The molecule has 1 amide bonds. The second kappa shape index (κ2) is 11.2. The van der Waals surface area contributed by atoms with Crippen molar-refractivity contribution in [1.82, 2.24) is 0 Å². The first kappa shape index (κ1) is 23.1. The van der Waals surface area contributed by atoms with Crippen LogP contribution in [0.1, 0.15) is 34.8 Å². The molecule has 164 valence electrons. The number of ketones is 1. The van der Waals surface area contributed by atoms with Crippen LogP contribution in [0.5, 0.6) is 11.5 Å². The molecule has 6 heteroatoms. The van der Waals surface area contributed by atoms with Gasteiger partial charge in [0.05, 0.1) is 19.4 Å². The Morgan fingerprint density at radius 3 is 2.50 bits per heavy atom. The van der Waals surface area contributed by atoms with Crippen LogP contribution in [0.15, 0.2) is 72.8 Å². The Balaban J connectivity index is 1.77. The molecule has 0 fully saturated rings. The second-order valence-corrected chi connectivity index (χ2v) is 7.40. The van der Waals surface area contributed by atoms with E-state index in [0.29, 0.717) is 39.9 Å². The summed E-state index contributed by atoms with van der Waals surface area (Å²) in [6.07, 6.45) is 3.95. The molecule has 0 unspecified atom stereocenters. The van der Waals surface area contributed by atoms with Gasteiger partial charge in [0.1, 0.15) is 0 Å². The zero-order chi connectivity index (χ0) is 22.9. The van der Waals surface area contributed by atoms with Crippen molar-refractivity contribution >= 4 is 35.1 Å². The van der Waals surface area contributed by atoms with Crippen LogP contribution in [0.4, 0.5) is 5.69 Å². The predicted molar refractivity (Wildman–Crippen MR) is 128 cm³/mol. The molecule has 32 heavy (non-hydrogen) atoms. The zero-order valence-electron chi connectivity index (χ0n) is 17.9. The van der Waals surface area contributed by atoms with E-state index in [1.807, 2.05) is 25.1 Å². The third-order valence-electron chi connectivity index (χ3n) is 4.60. The van der Waals surface area contributed by atoms with Crippen LogP contribution in [0.2, 0.25) is 5.02 Å².